The molecule has 1 N–H and O–H groups in total. The molecule has 68 valence electrons. The van der Waals surface area contributed by atoms with Gasteiger partial charge >= 0.3 is 0 Å². The van der Waals surface area contributed by atoms with Gasteiger partial charge in [0.1, 0.15) is 17.1 Å². The molecular formula is C10H9FO2. The molecule has 2 nitrogen and oxygen atoms in total. The molecule has 3 heteroatoms. The molecule has 1 aromatic carbocycles. The molecule has 1 heterocycles. The third-order valence-electron chi connectivity index (χ3n) is 1.91. The first-order valence-corrected chi connectivity index (χ1v) is 4.03. The summed E-state index contributed by atoms with van der Waals surface area (Å²) in [6, 6.07) is 6.35. The maximum atomic E-state index is 12.8. The van der Waals surface area contributed by atoms with Crippen LogP contribution < -0.4 is 0 Å². The summed E-state index contributed by atoms with van der Waals surface area (Å²) in [5.74, 6) is 0.417. The van der Waals surface area contributed by atoms with Gasteiger partial charge in [-0.1, -0.05) is 0 Å². The highest BCUT2D eigenvalue weighted by atomic mass is 19.1. The Morgan fingerprint density at radius 3 is 2.85 bits per heavy atom. The second-order valence-electron chi connectivity index (χ2n) is 2.99. The van der Waals surface area contributed by atoms with Crippen molar-refractivity contribution in [1.29, 1.82) is 0 Å². The van der Waals surface area contributed by atoms with Crippen LogP contribution in [0.2, 0.25) is 0 Å². The van der Waals surface area contributed by atoms with E-state index in [2.05, 4.69) is 0 Å². The average Bonchev–Trinajstić information content (AvgIpc) is 2.46. The molecule has 0 saturated heterocycles. The van der Waals surface area contributed by atoms with Crippen molar-refractivity contribution in [3.8, 4) is 5.75 Å². The van der Waals surface area contributed by atoms with E-state index in [4.69, 9.17) is 9.52 Å². The van der Waals surface area contributed by atoms with E-state index in [9.17, 15) is 4.39 Å². The van der Waals surface area contributed by atoms with Gasteiger partial charge in [0.05, 0.1) is 0 Å². The zero-order valence-electron chi connectivity index (χ0n) is 7.12. The normalized spacial score (nSPS) is 13.4. The van der Waals surface area contributed by atoms with Gasteiger partial charge in [-0.15, -0.1) is 0 Å². The van der Waals surface area contributed by atoms with Gasteiger partial charge in [-0.05, 0) is 25.1 Å². The molecule has 0 saturated carbocycles. The van der Waals surface area contributed by atoms with E-state index in [1.807, 2.05) is 0 Å². The second kappa shape index (κ2) is 2.76. The van der Waals surface area contributed by atoms with Crippen molar-refractivity contribution in [2.24, 2.45) is 0 Å². The van der Waals surface area contributed by atoms with E-state index < -0.39 is 6.17 Å². The van der Waals surface area contributed by atoms with Crippen LogP contribution in [0.25, 0.3) is 11.0 Å². The van der Waals surface area contributed by atoms with Crippen molar-refractivity contribution in [3.05, 3.63) is 30.0 Å². The Labute approximate surface area is 74.6 Å². The summed E-state index contributed by atoms with van der Waals surface area (Å²) in [6.07, 6.45) is -1.12. The highest BCUT2D eigenvalue weighted by molar-refractivity contribution is 5.79. The lowest BCUT2D eigenvalue weighted by atomic mass is 10.2. The zero-order chi connectivity index (χ0) is 9.42. The van der Waals surface area contributed by atoms with Gasteiger partial charge in [0.2, 0.25) is 0 Å². The molecule has 1 unspecified atom stereocenters. The molecule has 0 aliphatic heterocycles. The Balaban J connectivity index is 2.62. The number of phenols is 1. The van der Waals surface area contributed by atoms with Crippen molar-refractivity contribution in [3.63, 3.8) is 0 Å². The first-order chi connectivity index (χ1) is 6.16. The topological polar surface area (TPSA) is 33.4 Å². The number of phenolic OH excluding ortho intramolecular Hbond substituents is 1. The van der Waals surface area contributed by atoms with Crippen molar-refractivity contribution in [2.45, 2.75) is 13.1 Å². The highest BCUT2D eigenvalue weighted by Crippen LogP contribution is 2.27. The Kier molecular flexibility index (Phi) is 1.72. The summed E-state index contributed by atoms with van der Waals surface area (Å²) >= 11 is 0. The molecule has 0 amide bonds. The summed E-state index contributed by atoms with van der Waals surface area (Å²) in [7, 11) is 0. The Morgan fingerprint density at radius 2 is 2.15 bits per heavy atom. The van der Waals surface area contributed by atoms with E-state index in [1.54, 1.807) is 18.2 Å². The molecule has 0 aliphatic carbocycles. The molecule has 0 radical (unpaired) electrons. The first kappa shape index (κ1) is 8.10. The lowest BCUT2D eigenvalue weighted by Crippen LogP contribution is -1.77. The fourth-order valence-electron chi connectivity index (χ4n) is 1.24. The van der Waals surface area contributed by atoms with Crippen LogP contribution in [0.15, 0.2) is 28.7 Å². The lowest BCUT2D eigenvalue weighted by Gasteiger charge is -1.92. The van der Waals surface area contributed by atoms with Gasteiger partial charge in [0.15, 0.2) is 6.17 Å². The quantitative estimate of drug-likeness (QED) is 0.731. The standard InChI is InChI=1S/C10H9FO2/c1-6(11)9-4-7-2-3-8(12)5-10(7)13-9/h2-6,12H,1H3. The number of rotatable bonds is 1. The minimum Gasteiger partial charge on any atom is -0.508 e. The summed E-state index contributed by atoms with van der Waals surface area (Å²) in [5.41, 5.74) is 0.513. The first-order valence-electron chi connectivity index (χ1n) is 4.03. The number of halogens is 1. The molecule has 2 rings (SSSR count). The molecule has 0 fully saturated rings. The molecule has 1 atom stereocenters. The smallest absolute Gasteiger partial charge is 0.155 e. The van der Waals surface area contributed by atoms with Gasteiger partial charge < -0.3 is 9.52 Å². The van der Waals surface area contributed by atoms with Crippen LogP contribution in [0.3, 0.4) is 0 Å². The monoisotopic (exact) mass is 180 g/mol. The van der Waals surface area contributed by atoms with E-state index in [0.717, 1.165) is 5.39 Å². The number of benzene rings is 1. The van der Waals surface area contributed by atoms with Gasteiger partial charge in [-0.25, -0.2) is 4.39 Å². The molecule has 0 aliphatic rings. The maximum Gasteiger partial charge on any atom is 0.155 e. The van der Waals surface area contributed by atoms with Crippen LogP contribution in [-0.4, -0.2) is 5.11 Å². The molecular weight excluding hydrogens is 171 g/mol. The SMILES string of the molecule is CC(F)c1cc2ccc(O)cc2o1. The molecule has 1 aromatic heterocycles. The van der Waals surface area contributed by atoms with Gasteiger partial charge in [-0.3, -0.25) is 0 Å². The second-order valence-corrected chi connectivity index (χ2v) is 2.99. The Hall–Kier alpha value is -1.51. The summed E-state index contributed by atoms with van der Waals surface area (Å²) < 4.78 is 18.0. The van der Waals surface area contributed by atoms with Gasteiger partial charge in [-0.2, -0.15) is 0 Å². The van der Waals surface area contributed by atoms with Crippen molar-refractivity contribution in [1.82, 2.24) is 0 Å². The van der Waals surface area contributed by atoms with E-state index in [0.29, 0.717) is 11.3 Å². The fraction of sp³-hybridized carbons (Fsp3) is 0.200. The predicted octanol–water partition coefficient (Wildman–Crippen LogP) is 3.17. The summed E-state index contributed by atoms with van der Waals surface area (Å²) in [4.78, 5) is 0. The van der Waals surface area contributed by atoms with Crippen LogP contribution >= 0.6 is 0 Å². The largest absolute Gasteiger partial charge is 0.508 e. The van der Waals surface area contributed by atoms with Crippen LogP contribution in [0.1, 0.15) is 18.9 Å². The van der Waals surface area contributed by atoms with Crippen LogP contribution in [0.5, 0.6) is 5.75 Å². The highest BCUT2D eigenvalue weighted by Gasteiger charge is 2.09. The maximum absolute atomic E-state index is 12.8. The van der Waals surface area contributed by atoms with E-state index in [1.165, 1.54) is 13.0 Å². The third-order valence-corrected chi connectivity index (χ3v) is 1.91. The van der Waals surface area contributed by atoms with Crippen LogP contribution in [0, 0.1) is 0 Å². The third kappa shape index (κ3) is 1.37. The average molecular weight is 180 g/mol. The lowest BCUT2D eigenvalue weighted by molar-refractivity contribution is 0.317. The number of alkyl halides is 1. The molecule has 2 aromatic rings. The van der Waals surface area contributed by atoms with E-state index in [-0.39, 0.29) is 5.75 Å². The van der Waals surface area contributed by atoms with Crippen LogP contribution in [0.4, 0.5) is 4.39 Å². The number of fused-ring (bicyclic) bond motifs is 1. The Bertz CT molecular complexity index is 431. The summed E-state index contributed by atoms with van der Waals surface area (Å²) in [6.45, 7) is 1.41. The number of hydrogen-bond acceptors (Lipinski definition) is 2. The number of aromatic hydroxyl groups is 1. The predicted molar refractivity (Wildman–Crippen MR) is 47.4 cm³/mol. The Morgan fingerprint density at radius 1 is 1.38 bits per heavy atom. The molecule has 0 spiro atoms. The minimum absolute atomic E-state index is 0.125. The molecule has 13 heavy (non-hydrogen) atoms. The van der Waals surface area contributed by atoms with Crippen LogP contribution in [-0.2, 0) is 0 Å². The fourth-order valence-corrected chi connectivity index (χ4v) is 1.24. The summed E-state index contributed by atoms with van der Waals surface area (Å²) in [5, 5.41) is 9.93. The number of hydrogen-bond donors (Lipinski definition) is 1. The van der Waals surface area contributed by atoms with E-state index >= 15 is 0 Å². The minimum atomic E-state index is -1.12. The van der Waals surface area contributed by atoms with Gasteiger partial charge in [0.25, 0.3) is 0 Å². The molecule has 0 bridgehead atoms. The number of furan rings is 1. The van der Waals surface area contributed by atoms with Crippen molar-refractivity contribution in [2.75, 3.05) is 0 Å². The van der Waals surface area contributed by atoms with Crippen molar-refractivity contribution >= 4 is 11.0 Å². The van der Waals surface area contributed by atoms with Crippen molar-refractivity contribution < 1.29 is 13.9 Å². The zero-order valence-corrected chi connectivity index (χ0v) is 7.12. The van der Waals surface area contributed by atoms with Gasteiger partial charge in [0, 0.05) is 11.5 Å².